The van der Waals surface area contributed by atoms with Gasteiger partial charge in [-0.2, -0.15) is 0 Å². The summed E-state index contributed by atoms with van der Waals surface area (Å²) in [5.74, 6) is -0.303. The van der Waals surface area contributed by atoms with Crippen LogP contribution in [0.25, 0.3) is 5.65 Å². The zero-order valence-corrected chi connectivity index (χ0v) is 7.83. The van der Waals surface area contributed by atoms with E-state index in [2.05, 4.69) is 10.2 Å². The fourth-order valence-corrected chi connectivity index (χ4v) is 1.34. The van der Waals surface area contributed by atoms with Crippen molar-refractivity contribution < 1.29 is 8.78 Å². The van der Waals surface area contributed by atoms with Crippen molar-refractivity contribution in [2.45, 2.75) is 20.3 Å². The first-order valence-corrected chi connectivity index (χ1v) is 4.20. The van der Waals surface area contributed by atoms with E-state index in [1.54, 1.807) is 12.3 Å². The minimum absolute atomic E-state index is 0.303. The Bertz CT molecular complexity index is 476. The van der Waals surface area contributed by atoms with E-state index in [-0.39, 0.29) is 5.82 Å². The van der Waals surface area contributed by atoms with Crippen molar-refractivity contribution in [2.75, 3.05) is 0 Å². The Labute approximate surface area is 79.4 Å². The summed E-state index contributed by atoms with van der Waals surface area (Å²) in [6.45, 7) is 3.75. The average Bonchev–Trinajstić information content (AvgIpc) is 2.55. The van der Waals surface area contributed by atoms with E-state index in [0.29, 0.717) is 5.65 Å². The highest BCUT2D eigenvalue weighted by Gasteiger charge is 2.16. The van der Waals surface area contributed by atoms with Crippen LogP contribution in [0.2, 0.25) is 0 Å². The number of aromatic nitrogens is 3. The molecule has 2 aromatic rings. The van der Waals surface area contributed by atoms with Gasteiger partial charge in [-0.1, -0.05) is 0 Å². The van der Waals surface area contributed by atoms with Crippen LogP contribution in [0.3, 0.4) is 0 Å². The lowest BCUT2D eigenvalue weighted by atomic mass is 10.2. The van der Waals surface area contributed by atoms with E-state index in [4.69, 9.17) is 0 Å². The summed E-state index contributed by atoms with van der Waals surface area (Å²) < 4.78 is 26.2. The van der Waals surface area contributed by atoms with E-state index in [1.165, 1.54) is 4.40 Å². The molecule has 2 aromatic heterocycles. The SMILES string of the molecule is Cc1ccn2c(C(F)F)nnc2c1C. The fourth-order valence-electron chi connectivity index (χ4n) is 1.34. The molecule has 5 heteroatoms. The molecular weight excluding hydrogens is 188 g/mol. The van der Waals surface area contributed by atoms with Crippen LogP contribution in [-0.4, -0.2) is 14.6 Å². The van der Waals surface area contributed by atoms with Gasteiger partial charge in [0.25, 0.3) is 6.43 Å². The predicted molar refractivity (Wildman–Crippen MR) is 47.4 cm³/mol. The monoisotopic (exact) mass is 197 g/mol. The van der Waals surface area contributed by atoms with Crippen LogP contribution < -0.4 is 0 Å². The Balaban J connectivity index is 2.77. The number of aryl methyl sites for hydroxylation is 2. The zero-order chi connectivity index (χ0) is 10.3. The molecular formula is C9H9F2N3. The van der Waals surface area contributed by atoms with Crippen LogP contribution in [0, 0.1) is 13.8 Å². The number of hydrogen-bond acceptors (Lipinski definition) is 2. The molecule has 0 bridgehead atoms. The minimum Gasteiger partial charge on any atom is -0.281 e. The van der Waals surface area contributed by atoms with Crippen molar-refractivity contribution in [3.05, 3.63) is 29.2 Å². The number of hydrogen-bond donors (Lipinski definition) is 0. The quantitative estimate of drug-likeness (QED) is 0.702. The Morgan fingerprint density at radius 2 is 2.00 bits per heavy atom. The number of fused-ring (bicyclic) bond motifs is 1. The third-order valence-electron chi connectivity index (χ3n) is 2.32. The molecule has 0 saturated carbocycles. The second-order valence-corrected chi connectivity index (χ2v) is 3.18. The molecule has 3 nitrogen and oxygen atoms in total. The standard InChI is InChI=1S/C9H9F2N3/c1-5-3-4-14-8(6(5)2)12-13-9(14)7(10)11/h3-4,7H,1-2H3. The fraction of sp³-hybridized carbons (Fsp3) is 0.333. The summed E-state index contributed by atoms with van der Waals surface area (Å²) in [6, 6.07) is 1.78. The molecule has 0 aliphatic heterocycles. The molecule has 14 heavy (non-hydrogen) atoms. The largest absolute Gasteiger partial charge is 0.297 e. The van der Waals surface area contributed by atoms with Crippen molar-refractivity contribution in [1.29, 1.82) is 0 Å². The number of rotatable bonds is 1. The third kappa shape index (κ3) is 1.16. The number of halogens is 2. The molecule has 2 rings (SSSR count). The zero-order valence-electron chi connectivity index (χ0n) is 7.83. The van der Waals surface area contributed by atoms with Gasteiger partial charge in [-0.25, -0.2) is 8.78 Å². The molecule has 0 aromatic carbocycles. The van der Waals surface area contributed by atoms with Crippen LogP contribution in [0.1, 0.15) is 23.4 Å². The number of alkyl halides is 2. The van der Waals surface area contributed by atoms with Crippen molar-refractivity contribution in [3.8, 4) is 0 Å². The molecule has 0 saturated heterocycles. The Morgan fingerprint density at radius 1 is 1.29 bits per heavy atom. The predicted octanol–water partition coefficient (Wildman–Crippen LogP) is 2.28. The summed E-state index contributed by atoms with van der Waals surface area (Å²) in [7, 11) is 0. The van der Waals surface area contributed by atoms with Crippen molar-refractivity contribution in [3.63, 3.8) is 0 Å². The second-order valence-electron chi connectivity index (χ2n) is 3.18. The van der Waals surface area contributed by atoms with Crippen molar-refractivity contribution in [1.82, 2.24) is 14.6 Å². The maximum absolute atomic E-state index is 12.4. The van der Waals surface area contributed by atoms with E-state index in [0.717, 1.165) is 11.1 Å². The summed E-state index contributed by atoms with van der Waals surface area (Å²) >= 11 is 0. The van der Waals surface area contributed by atoms with Crippen LogP contribution in [0.5, 0.6) is 0 Å². The van der Waals surface area contributed by atoms with Gasteiger partial charge < -0.3 is 0 Å². The van der Waals surface area contributed by atoms with Gasteiger partial charge in [0, 0.05) is 6.20 Å². The molecule has 0 spiro atoms. The highest BCUT2D eigenvalue weighted by molar-refractivity contribution is 5.50. The van der Waals surface area contributed by atoms with Crippen LogP contribution >= 0.6 is 0 Å². The maximum Gasteiger partial charge on any atom is 0.297 e. The first kappa shape index (κ1) is 9.05. The molecule has 0 radical (unpaired) electrons. The number of pyridine rings is 1. The summed E-state index contributed by atoms with van der Waals surface area (Å²) in [4.78, 5) is 0. The molecule has 2 heterocycles. The summed E-state index contributed by atoms with van der Waals surface area (Å²) in [5.41, 5.74) is 2.40. The van der Waals surface area contributed by atoms with Gasteiger partial charge in [0.15, 0.2) is 5.65 Å². The molecule has 0 amide bonds. The van der Waals surface area contributed by atoms with Crippen LogP contribution in [0.4, 0.5) is 8.78 Å². The van der Waals surface area contributed by atoms with Gasteiger partial charge in [-0.15, -0.1) is 10.2 Å². The normalized spacial score (nSPS) is 11.5. The number of nitrogens with zero attached hydrogens (tertiary/aromatic N) is 3. The third-order valence-corrected chi connectivity index (χ3v) is 2.32. The lowest BCUT2D eigenvalue weighted by molar-refractivity contribution is 0.139. The molecule has 74 valence electrons. The van der Waals surface area contributed by atoms with E-state index in [9.17, 15) is 8.78 Å². The summed E-state index contributed by atoms with van der Waals surface area (Å²) in [5, 5.41) is 7.19. The maximum atomic E-state index is 12.4. The summed E-state index contributed by atoms with van der Waals surface area (Å²) in [6.07, 6.45) is -1.02. The topological polar surface area (TPSA) is 30.2 Å². The molecule has 0 fully saturated rings. The molecule has 0 aliphatic carbocycles. The first-order valence-electron chi connectivity index (χ1n) is 4.20. The average molecular weight is 197 g/mol. The first-order chi connectivity index (χ1) is 6.61. The smallest absolute Gasteiger partial charge is 0.281 e. The Hall–Kier alpha value is -1.52. The molecule has 0 unspecified atom stereocenters. The van der Waals surface area contributed by atoms with Crippen LogP contribution in [0.15, 0.2) is 12.3 Å². The van der Waals surface area contributed by atoms with Crippen molar-refractivity contribution >= 4 is 5.65 Å². The molecule has 0 aliphatic rings. The van der Waals surface area contributed by atoms with Gasteiger partial charge in [-0.05, 0) is 31.0 Å². The lowest BCUT2D eigenvalue weighted by Crippen LogP contribution is -1.96. The van der Waals surface area contributed by atoms with Gasteiger partial charge in [0.1, 0.15) is 0 Å². The van der Waals surface area contributed by atoms with Crippen molar-refractivity contribution in [2.24, 2.45) is 0 Å². The highest BCUT2D eigenvalue weighted by Crippen LogP contribution is 2.20. The van der Waals surface area contributed by atoms with Gasteiger partial charge in [0.2, 0.25) is 5.82 Å². The molecule has 0 N–H and O–H groups in total. The Kier molecular flexibility index (Phi) is 1.94. The highest BCUT2D eigenvalue weighted by atomic mass is 19.3. The van der Waals surface area contributed by atoms with E-state index in [1.807, 2.05) is 13.8 Å². The Morgan fingerprint density at radius 3 is 2.64 bits per heavy atom. The van der Waals surface area contributed by atoms with Gasteiger partial charge in [0.05, 0.1) is 0 Å². The minimum atomic E-state index is -2.59. The van der Waals surface area contributed by atoms with Gasteiger partial charge in [-0.3, -0.25) is 4.40 Å². The van der Waals surface area contributed by atoms with E-state index < -0.39 is 6.43 Å². The lowest BCUT2D eigenvalue weighted by Gasteiger charge is -2.02. The molecule has 0 atom stereocenters. The second kappa shape index (κ2) is 3.01. The van der Waals surface area contributed by atoms with Gasteiger partial charge >= 0.3 is 0 Å². The van der Waals surface area contributed by atoms with Crippen LogP contribution in [-0.2, 0) is 0 Å². The van der Waals surface area contributed by atoms with E-state index >= 15 is 0 Å².